The second-order valence-corrected chi connectivity index (χ2v) is 4.09. The van der Waals surface area contributed by atoms with Gasteiger partial charge in [-0.1, -0.05) is 6.07 Å². The van der Waals surface area contributed by atoms with Crippen LogP contribution >= 0.6 is 0 Å². The average molecular weight is 233 g/mol. The number of hydrogen-bond donors (Lipinski definition) is 2. The Morgan fingerprint density at radius 3 is 3.06 bits per heavy atom. The summed E-state index contributed by atoms with van der Waals surface area (Å²) in [4.78, 5) is 14.8. The van der Waals surface area contributed by atoms with Gasteiger partial charge in [0.05, 0.1) is 5.69 Å². The van der Waals surface area contributed by atoms with Gasteiger partial charge in [-0.2, -0.15) is 0 Å². The standard InChI is InChI=1S/C12H15N3O2/c13-9(4-5-12(16)17)7-10-8-15-6-2-1-3-11(15)14-10/h1-3,6,8-9H,4-5,7,13H2,(H,16,17). The highest BCUT2D eigenvalue weighted by Gasteiger charge is 2.09. The zero-order valence-corrected chi connectivity index (χ0v) is 9.41. The average Bonchev–Trinajstić information content (AvgIpc) is 2.68. The topological polar surface area (TPSA) is 80.6 Å². The lowest BCUT2D eigenvalue weighted by Gasteiger charge is -2.07. The number of carboxylic acid groups (broad SMARTS) is 1. The van der Waals surface area contributed by atoms with E-state index in [0.29, 0.717) is 12.8 Å². The van der Waals surface area contributed by atoms with E-state index in [1.807, 2.05) is 35.0 Å². The highest BCUT2D eigenvalue weighted by Crippen LogP contribution is 2.08. The number of carbonyl (C=O) groups is 1. The molecule has 2 aromatic rings. The van der Waals surface area contributed by atoms with Crippen molar-refractivity contribution in [1.29, 1.82) is 0 Å². The molecule has 0 bridgehead atoms. The summed E-state index contributed by atoms with van der Waals surface area (Å²) < 4.78 is 1.93. The highest BCUT2D eigenvalue weighted by atomic mass is 16.4. The third-order valence-corrected chi connectivity index (χ3v) is 2.61. The first-order valence-corrected chi connectivity index (χ1v) is 5.55. The van der Waals surface area contributed by atoms with E-state index in [2.05, 4.69) is 4.98 Å². The molecular formula is C12H15N3O2. The van der Waals surface area contributed by atoms with E-state index in [0.717, 1.165) is 11.3 Å². The molecule has 0 aliphatic heterocycles. The Hall–Kier alpha value is -1.88. The van der Waals surface area contributed by atoms with E-state index >= 15 is 0 Å². The van der Waals surface area contributed by atoms with Gasteiger partial charge in [-0.25, -0.2) is 4.98 Å². The van der Waals surface area contributed by atoms with Crippen molar-refractivity contribution in [1.82, 2.24) is 9.38 Å². The molecule has 17 heavy (non-hydrogen) atoms. The number of pyridine rings is 1. The van der Waals surface area contributed by atoms with E-state index in [1.165, 1.54) is 0 Å². The summed E-state index contributed by atoms with van der Waals surface area (Å²) in [6.45, 7) is 0. The Labute approximate surface area is 98.9 Å². The number of rotatable bonds is 5. The molecule has 3 N–H and O–H groups in total. The van der Waals surface area contributed by atoms with Gasteiger partial charge in [0.1, 0.15) is 5.65 Å². The summed E-state index contributed by atoms with van der Waals surface area (Å²) in [5, 5.41) is 8.57. The van der Waals surface area contributed by atoms with Gasteiger partial charge in [-0.05, 0) is 18.6 Å². The van der Waals surface area contributed by atoms with Crippen molar-refractivity contribution in [3.05, 3.63) is 36.3 Å². The molecule has 0 radical (unpaired) electrons. The maximum absolute atomic E-state index is 10.4. The lowest BCUT2D eigenvalue weighted by Crippen LogP contribution is -2.23. The van der Waals surface area contributed by atoms with Crippen molar-refractivity contribution in [2.24, 2.45) is 5.73 Å². The number of aromatic nitrogens is 2. The van der Waals surface area contributed by atoms with Crippen LogP contribution in [-0.2, 0) is 11.2 Å². The number of nitrogens with zero attached hydrogens (tertiary/aromatic N) is 2. The van der Waals surface area contributed by atoms with Crippen molar-refractivity contribution in [3.63, 3.8) is 0 Å². The second-order valence-electron chi connectivity index (χ2n) is 4.09. The minimum atomic E-state index is -0.810. The van der Waals surface area contributed by atoms with Gasteiger partial charge >= 0.3 is 5.97 Å². The third kappa shape index (κ3) is 3.04. The predicted molar refractivity (Wildman–Crippen MR) is 63.7 cm³/mol. The third-order valence-electron chi connectivity index (χ3n) is 2.61. The van der Waals surface area contributed by atoms with Gasteiger partial charge in [-0.15, -0.1) is 0 Å². The first-order chi connectivity index (χ1) is 8.15. The second kappa shape index (κ2) is 4.97. The van der Waals surface area contributed by atoms with E-state index < -0.39 is 5.97 Å². The first-order valence-electron chi connectivity index (χ1n) is 5.55. The van der Waals surface area contributed by atoms with Gasteiger partial charge in [0.2, 0.25) is 0 Å². The fourth-order valence-corrected chi connectivity index (χ4v) is 1.77. The van der Waals surface area contributed by atoms with Crippen LogP contribution in [-0.4, -0.2) is 26.5 Å². The maximum atomic E-state index is 10.4. The molecule has 2 rings (SSSR count). The van der Waals surface area contributed by atoms with Gasteiger partial charge in [0.15, 0.2) is 0 Å². The molecule has 90 valence electrons. The van der Waals surface area contributed by atoms with Crippen LogP contribution in [0.25, 0.3) is 5.65 Å². The molecule has 0 aromatic carbocycles. The molecule has 1 atom stereocenters. The molecule has 0 saturated carbocycles. The Kier molecular flexibility index (Phi) is 3.39. The Morgan fingerprint density at radius 1 is 1.53 bits per heavy atom. The van der Waals surface area contributed by atoms with Crippen LogP contribution < -0.4 is 5.73 Å². The summed E-state index contributed by atoms with van der Waals surface area (Å²) >= 11 is 0. The minimum Gasteiger partial charge on any atom is -0.481 e. The summed E-state index contributed by atoms with van der Waals surface area (Å²) in [7, 11) is 0. The predicted octanol–water partition coefficient (Wildman–Crippen LogP) is 1.07. The Balaban J connectivity index is 2.00. The van der Waals surface area contributed by atoms with Crippen LogP contribution in [0.2, 0.25) is 0 Å². The molecule has 5 nitrogen and oxygen atoms in total. The van der Waals surface area contributed by atoms with Gasteiger partial charge in [0.25, 0.3) is 0 Å². The normalized spacial score (nSPS) is 12.8. The highest BCUT2D eigenvalue weighted by molar-refractivity contribution is 5.66. The summed E-state index contributed by atoms with van der Waals surface area (Å²) in [6, 6.07) is 5.63. The summed E-state index contributed by atoms with van der Waals surface area (Å²) in [6.07, 6.45) is 5.04. The molecule has 5 heteroatoms. The molecular weight excluding hydrogens is 218 g/mol. The zero-order chi connectivity index (χ0) is 12.3. The number of carboxylic acids is 1. The number of fused-ring (bicyclic) bond motifs is 1. The van der Waals surface area contributed by atoms with Crippen molar-refractivity contribution < 1.29 is 9.90 Å². The van der Waals surface area contributed by atoms with Crippen LogP contribution in [0.1, 0.15) is 18.5 Å². The smallest absolute Gasteiger partial charge is 0.303 e. The quantitative estimate of drug-likeness (QED) is 0.809. The van der Waals surface area contributed by atoms with E-state index in [1.54, 1.807) is 0 Å². The van der Waals surface area contributed by atoms with Crippen molar-refractivity contribution in [2.75, 3.05) is 0 Å². The minimum absolute atomic E-state index is 0.106. The van der Waals surface area contributed by atoms with Crippen LogP contribution in [0.15, 0.2) is 30.6 Å². The molecule has 0 aliphatic rings. The molecule has 0 spiro atoms. The molecule has 0 aliphatic carbocycles. The Bertz CT molecular complexity index is 488. The number of aliphatic carboxylic acids is 1. The first kappa shape index (κ1) is 11.6. The molecule has 0 fully saturated rings. The molecule has 0 amide bonds. The van der Waals surface area contributed by atoms with Crippen molar-refractivity contribution >= 4 is 11.6 Å². The lowest BCUT2D eigenvalue weighted by molar-refractivity contribution is -0.137. The van der Waals surface area contributed by atoms with E-state index in [4.69, 9.17) is 10.8 Å². The fraction of sp³-hybridized carbons (Fsp3) is 0.333. The SMILES string of the molecule is NC(CCC(=O)O)Cc1cn2ccccc2n1. The fourth-order valence-electron chi connectivity index (χ4n) is 1.77. The molecule has 2 aromatic heterocycles. The molecule has 0 saturated heterocycles. The van der Waals surface area contributed by atoms with Crippen LogP contribution in [0, 0.1) is 0 Å². The van der Waals surface area contributed by atoms with Crippen LogP contribution in [0.4, 0.5) is 0 Å². The molecule has 1 unspecified atom stereocenters. The number of hydrogen-bond acceptors (Lipinski definition) is 3. The summed E-state index contributed by atoms with van der Waals surface area (Å²) in [5.74, 6) is -0.810. The van der Waals surface area contributed by atoms with Crippen molar-refractivity contribution in [3.8, 4) is 0 Å². The lowest BCUT2D eigenvalue weighted by atomic mass is 10.1. The monoisotopic (exact) mass is 233 g/mol. The van der Waals surface area contributed by atoms with Crippen LogP contribution in [0.5, 0.6) is 0 Å². The van der Waals surface area contributed by atoms with E-state index in [9.17, 15) is 4.79 Å². The van der Waals surface area contributed by atoms with E-state index in [-0.39, 0.29) is 12.5 Å². The molecule has 2 heterocycles. The zero-order valence-electron chi connectivity index (χ0n) is 9.41. The van der Waals surface area contributed by atoms with Crippen molar-refractivity contribution in [2.45, 2.75) is 25.3 Å². The van der Waals surface area contributed by atoms with Gasteiger partial charge in [0, 0.05) is 31.3 Å². The van der Waals surface area contributed by atoms with Gasteiger partial charge < -0.3 is 15.2 Å². The number of imidazole rings is 1. The maximum Gasteiger partial charge on any atom is 0.303 e. The van der Waals surface area contributed by atoms with Crippen LogP contribution in [0.3, 0.4) is 0 Å². The number of nitrogens with two attached hydrogens (primary N) is 1. The van der Waals surface area contributed by atoms with Gasteiger partial charge in [-0.3, -0.25) is 4.79 Å². The largest absolute Gasteiger partial charge is 0.481 e. The Morgan fingerprint density at radius 2 is 2.35 bits per heavy atom. The summed E-state index contributed by atoms with van der Waals surface area (Å²) in [5.41, 5.74) is 7.64.